The average molecular weight is 765 g/mol. The van der Waals surface area contributed by atoms with E-state index in [2.05, 4.69) is 40.9 Å². The molecule has 4 rings (SSSR count). The Bertz CT molecular complexity index is 2050. The molecule has 1 aliphatic rings. The minimum absolute atomic E-state index is 0.0135. The Balaban J connectivity index is 1.64. The molecule has 7 N–H and O–H groups in total. The standard InChI is InChI=1S/C30H40N10O10S2/c1-5-39(13-15-41)27-33-25(35-29(37-27)49-3)31-21-11-9-19(23(17-21)51(43,44)45)7-8-20-10-12-22(18-24(20)52(46,47)48)32-26-34-28(38-30(36-26)50-4)40(6-2)14-16-42/h7-12,17-18,27,41-42H,5-6,13-16H2,1-4H3,(H,43,44,45)(H,46,47,48)(H2,31,33,35,37)(H,32,34,36,38)/b8-7+. The lowest BCUT2D eigenvalue weighted by molar-refractivity contribution is 0.148. The summed E-state index contributed by atoms with van der Waals surface area (Å²) in [6, 6.07) is 7.91. The average Bonchev–Trinajstić information content (AvgIpc) is 3.11. The van der Waals surface area contributed by atoms with Crippen molar-refractivity contribution >= 4 is 67.6 Å². The van der Waals surface area contributed by atoms with E-state index in [0.717, 1.165) is 12.1 Å². The van der Waals surface area contributed by atoms with Gasteiger partial charge in [-0.05, 0) is 48.9 Å². The van der Waals surface area contributed by atoms with E-state index in [9.17, 15) is 36.2 Å². The number of aliphatic hydroxyl groups is 2. The van der Waals surface area contributed by atoms with Gasteiger partial charge in [0.25, 0.3) is 20.2 Å². The fraction of sp³-hybridized carbons (Fsp3) is 0.367. The maximum Gasteiger partial charge on any atom is 0.322 e. The minimum Gasteiger partial charge on any atom is -0.467 e. The SMILES string of the molecule is CCN(CCO)c1nc(Nc2ccc(/C=C/c3ccc(NC4=NC(OC)=NC(N(CC)CCO)N4)cc3S(=O)(=O)O)c(S(=O)(=O)O)c2)nc(OC)n1. The van der Waals surface area contributed by atoms with Gasteiger partial charge < -0.3 is 40.5 Å². The number of guanidine groups is 1. The number of aliphatic hydroxyl groups excluding tert-OH is 2. The molecule has 0 saturated heterocycles. The first-order valence-electron chi connectivity index (χ1n) is 15.7. The first-order valence-corrected chi connectivity index (χ1v) is 18.5. The zero-order chi connectivity index (χ0) is 38.1. The number of aliphatic imine (C=N–C) groups is 2. The molecule has 282 valence electrons. The topological polar surface area (TPSA) is 274 Å². The van der Waals surface area contributed by atoms with Gasteiger partial charge in [0.2, 0.25) is 17.9 Å². The van der Waals surface area contributed by atoms with Crippen LogP contribution in [0.3, 0.4) is 0 Å². The number of aromatic nitrogens is 3. The first-order chi connectivity index (χ1) is 24.7. The van der Waals surface area contributed by atoms with Crippen molar-refractivity contribution in [1.82, 2.24) is 25.2 Å². The molecular formula is C30H40N10O10S2. The molecule has 2 aromatic carbocycles. The van der Waals surface area contributed by atoms with E-state index >= 15 is 0 Å². The monoisotopic (exact) mass is 764 g/mol. The number of rotatable bonds is 16. The van der Waals surface area contributed by atoms with E-state index in [1.54, 1.807) is 9.80 Å². The van der Waals surface area contributed by atoms with Gasteiger partial charge in [-0.25, -0.2) is 0 Å². The van der Waals surface area contributed by atoms with Gasteiger partial charge in [-0.3, -0.25) is 14.0 Å². The zero-order valence-electron chi connectivity index (χ0n) is 28.6. The number of amidine groups is 1. The van der Waals surface area contributed by atoms with Gasteiger partial charge in [0.1, 0.15) is 9.79 Å². The second kappa shape index (κ2) is 17.5. The Morgan fingerprint density at radius 3 is 1.92 bits per heavy atom. The number of anilines is 4. The third-order valence-corrected chi connectivity index (χ3v) is 9.21. The van der Waals surface area contributed by atoms with E-state index in [-0.39, 0.29) is 72.1 Å². The van der Waals surface area contributed by atoms with E-state index < -0.39 is 36.3 Å². The molecular weight excluding hydrogens is 725 g/mol. The Hall–Kier alpha value is -4.97. The van der Waals surface area contributed by atoms with Gasteiger partial charge in [-0.15, -0.1) is 0 Å². The largest absolute Gasteiger partial charge is 0.467 e. The normalized spacial score (nSPS) is 14.8. The molecule has 1 aliphatic heterocycles. The summed E-state index contributed by atoms with van der Waals surface area (Å²) in [5.41, 5.74) is 0.320. The number of nitrogens with zero attached hydrogens (tertiary/aromatic N) is 7. The maximum absolute atomic E-state index is 12.5. The minimum atomic E-state index is -4.82. The van der Waals surface area contributed by atoms with E-state index in [1.165, 1.54) is 50.6 Å². The van der Waals surface area contributed by atoms with Crippen LogP contribution in [0.15, 0.2) is 56.2 Å². The van der Waals surface area contributed by atoms with E-state index in [4.69, 9.17) is 9.47 Å². The van der Waals surface area contributed by atoms with Gasteiger partial charge in [-0.1, -0.05) is 31.2 Å². The fourth-order valence-corrected chi connectivity index (χ4v) is 6.30. The van der Waals surface area contributed by atoms with Crippen molar-refractivity contribution in [2.24, 2.45) is 9.98 Å². The molecule has 20 nitrogen and oxygen atoms in total. The number of likely N-dealkylation sites (N-methyl/N-ethyl adjacent to an activating group) is 2. The lowest BCUT2D eigenvalue weighted by Crippen LogP contribution is -2.52. The van der Waals surface area contributed by atoms with Crippen molar-refractivity contribution < 1.29 is 45.6 Å². The van der Waals surface area contributed by atoms with Crippen LogP contribution in [0.25, 0.3) is 12.2 Å². The second-order valence-corrected chi connectivity index (χ2v) is 13.5. The molecule has 2 heterocycles. The van der Waals surface area contributed by atoms with Crippen molar-refractivity contribution in [3.05, 3.63) is 47.5 Å². The summed E-state index contributed by atoms with van der Waals surface area (Å²) in [6.07, 6.45) is 1.85. The Morgan fingerprint density at radius 2 is 1.42 bits per heavy atom. The number of methoxy groups -OCH3 is 2. The van der Waals surface area contributed by atoms with Crippen LogP contribution in [0.2, 0.25) is 0 Å². The van der Waals surface area contributed by atoms with Crippen LogP contribution in [-0.4, -0.2) is 128 Å². The predicted molar refractivity (Wildman–Crippen MR) is 193 cm³/mol. The number of hydrogen-bond acceptors (Lipinski definition) is 18. The van der Waals surface area contributed by atoms with Gasteiger partial charge in [0, 0.05) is 31.0 Å². The molecule has 0 saturated carbocycles. The third kappa shape index (κ3) is 10.3. The zero-order valence-corrected chi connectivity index (χ0v) is 30.3. The van der Waals surface area contributed by atoms with Crippen LogP contribution < -0.4 is 25.6 Å². The second-order valence-electron chi connectivity index (χ2n) is 10.7. The third-order valence-electron chi connectivity index (χ3n) is 7.39. The van der Waals surface area contributed by atoms with E-state index in [0.29, 0.717) is 19.6 Å². The van der Waals surface area contributed by atoms with Crippen molar-refractivity contribution in [2.75, 3.05) is 69.1 Å². The highest BCUT2D eigenvalue weighted by molar-refractivity contribution is 7.86. The summed E-state index contributed by atoms with van der Waals surface area (Å²) in [5, 5.41) is 27.6. The van der Waals surface area contributed by atoms with Gasteiger partial charge in [0.05, 0.1) is 27.4 Å². The van der Waals surface area contributed by atoms with Gasteiger partial charge in [-0.2, -0.15) is 41.8 Å². The Morgan fingerprint density at radius 1 is 0.827 bits per heavy atom. The first kappa shape index (κ1) is 39.8. The van der Waals surface area contributed by atoms with Crippen LogP contribution in [0.5, 0.6) is 6.01 Å². The summed E-state index contributed by atoms with van der Waals surface area (Å²) in [4.78, 5) is 23.6. The molecule has 1 aromatic heterocycles. The Kier molecular flexibility index (Phi) is 13.4. The molecule has 22 heteroatoms. The van der Waals surface area contributed by atoms with Crippen molar-refractivity contribution in [3.8, 4) is 6.01 Å². The highest BCUT2D eigenvalue weighted by atomic mass is 32.2. The summed E-state index contributed by atoms with van der Waals surface area (Å²) >= 11 is 0. The molecule has 0 spiro atoms. The summed E-state index contributed by atoms with van der Waals surface area (Å²) in [5.74, 6) is 0.319. The van der Waals surface area contributed by atoms with Crippen LogP contribution in [0.4, 0.5) is 23.3 Å². The Labute approximate surface area is 300 Å². The molecule has 0 radical (unpaired) electrons. The van der Waals surface area contributed by atoms with Crippen LogP contribution in [-0.2, 0) is 25.0 Å². The molecule has 1 unspecified atom stereocenters. The molecule has 0 aliphatic carbocycles. The van der Waals surface area contributed by atoms with Crippen LogP contribution in [0.1, 0.15) is 25.0 Å². The van der Waals surface area contributed by atoms with Crippen LogP contribution >= 0.6 is 0 Å². The number of ether oxygens (including phenoxy) is 2. The lowest BCUT2D eigenvalue weighted by Gasteiger charge is -2.31. The van der Waals surface area contributed by atoms with Crippen LogP contribution in [0, 0.1) is 0 Å². The molecule has 0 bridgehead atoms. The number of hydrogen-bond donors (Lipinski definition) is 7. The van der Waals surface area contributed by atoms with Gasteiger partial charge >= 0.3 is 12.0 Å². The van der Waals surface area contributed by atoms with E-state index in [1.807, 2.05) is 13.8 Å². The fourth-order valence-electron chi connectivity index (χ4n) is 4.88. The summed E-state index contributed by atoms with van der Waals surface area (Å²) in [7, 11) is -6.90. The maximum atomic E-state index is 12.5. The lowest BCUT2D eigenvalue weighted by atomic mass is 10.1. The van der Waals surface area contributed by atoms with Gasteiger partial charge in [0.15, 0.2) is 6.29 Å². The molecule has 52 heavy (non-hydrogen) atoms. The summed E-state index contributed by atoms with van der Waals surface area (Å²) in [6.45, 7) is 4.95. The highest BCUT2D eigenvalue weighted by Crippen LogP contribution is 2.28. The highest BCUT2D eigenvalue weighted by Gasteiger charge is 2.24. The molecule has 3 aromatic rings. The quantitative estimate of drug-likeness (QED) is 0.0794. The van der Waals surface area contributed by atoms with Crippen molar-refractivity contribution in [1.29, 1.82) is 0 Å². The molecule has 1 atom stereocenters. The summed E-state index contributed by atoms with van der Waals surface area (Å²) < 4.78 is 80.4. The smallest absolute Gasteiger partial charge is 0.322 e. The predicted octanol–water partition coefficient (Wildman–Crippen LogP) is 1.08. The number of nitrogens with one attached hydrogen (secondary N) is 3. The van der Waals surface area contributed by atoms with Crippen molar-refractivity contribution in [2.45, 2.75) is 29.9 Å². The number of benzene rings is 2. The molecule has 0 amide bonds. The van der Waals surface area contributed by atoms with Crippen molar-refractivity contribution in [3.63, 3.8) is 0 Å². The molecule has 0 fully saturated rings.